The fraction of sp³-hybridized carbons (Fsp3) is 0.417. The van der Waals surface area contributed by atoms with Crippen molar-refractivity contribution in [1.82, 2.24) is 20.0 Å². The number of rotatable bonds is 5. The summed E-state index contributed by atoms with van der Waals surface area (Å²) in [5.41, 5.74) is 2.71. The Bertz CT molecular complexity index is 1170. The first-order valence-corrected chi connectivity index (χ1v) is 11.3. The van der Waals surface area contributed by atoms with Crippen LogP contribution in [-0.4, -0.2) is 53.2 Å². The molecule has 0 saturated carbocycles. The Morgan fingerprint density at radius 2 is 1.76 bits per heavy atom. The number of nitrogens with one attached hydrogen (secondary N) is 1. The number of carbonyl (C=O) groups is 1. The number of methoxy groups -OCH3 is 2. The second-order valence-electron chi connectivity index (χ2n) is 8.47. The van der Waals surface area contributed by atoms with Gasteiger partial charge < -0.3 is 19.7 Å². The number of aryl methyl sites for hydroxylation is 1. The van der Waals surface area contributed by atoms with Crippen LogP contribution in [0.1, 0.15) is 48.4 Å². The number of hydrogen-bond acceptors (Lipinski definition) is 7. The zero-order valence-electron chi connectivity index (χ0n) is 19.2. The molecule has 9 nitrogen and oxygen atoms in total. The number of aromatic nitrogens is 4. The highest BCUT2D eigenvalue weighted by molar-refractivity contribution is 5.95. The van der Waals surface area contributed by atoms with Crippen LogP contribution in [0.25, 0.3) is 5.82 Å². The van der Waals surface area contributed by atoms with E-state index in [4.69, 9.17) is 14.6 Å². The molecule has 3 aromatic rings. The van der Waals surface area contributed by atoms with Crippen LogP contribution in [0.4, 0.5) is 11.6 Å². The van der Waals surface area contributed by atoms with E-state index < -0.39 is 0 Å². The molecule has 2 aliphatic heterocycles. The van der Waals surface area contributed by atoms with Crippen molar-refractivity contribution in [3.63, 3.8) is 0 Å². The third-order valence-corrected chi connectivity index (χ3v) is 6.45. The minimum atomic E-state index is -0.191. The highest BCUT2D eigenvalue weighted by Gasteiger charge is 2.34. The Morgan fingerprint density at radius 3 is 2.45 bits per heavy atom. The summed E-state index contributed by atoms with van der Waals surface area (Å²) >= 11 is 0. The molecule has 9 heteroatoms. The maximum Gasteiger partial charge on any atom is 0.226 e. The van der Waals surface area contributed by atoms with Crippen LogP contribution < -0.4 is 19.7 Å². The quantitative estimate of drug-likeness (QED) is 0.639. The Morgan fingerprint density at radius 1 is 1.00 bits per heavy atom. The molecule has 0 radical (unpaired) electrons. The lowest BCUT2D eigenvalue weighted by atomic mass is 9.85. The van der Waals surface area contributed by atoms with Gasteiger partial charge in [-0.3, -0.25) is 4.79 Å². The smallest absolute Gasteiger partial charge is 0.226 e. The third kappa shape index (κ3) is 3.88. The Labute approximate surface area is 192 Å². The van der Waals surface area contributed by atoms with Gasteiger partial charge in [0, 0.05) is 42.6 Å². The molecule has 5 rings (SSSR count). The molecule has 172 valence electrons. The predicted molar refractivity (Wildman–Crippen MR) is 125 cm³/mol. The van der Waals surface area contributed by atoms with Gasteiger partial charge in [-0.1, -0.05) is 6.07 Å². The number of piperidine rings is 1. The largest absolute Gasteiger partial charge is 0.497 e. The Balaban J connectivity index is 1.53. The van der Waals surface area contributed by atoms with Crippen molar-refractivity contribution < 1.29 is 14.3 Å². The first-order valence-electron chi connectivity index (χ1n) is 11.3. The number of fused-ring (bicyclic) bond motifs is 1. The summed E-state index contributed by atoms with van der Waals surface area (Å²) in [6.07, 6.45) is 3.93. The molecule has 2 aliphatic rings. The van der Waals surface area contributed by atoms with Crippen LogP contribution in [-0.2, 0) is 4.79 Å². The highest BCUT2D eigenvalue weighted by Crippen LogP contribution is 2.43. The van der Waals surface area contributed by atoms with E-state index >= 15 is 0 Å². The maximum absolute atomic E-state index is 12.7. The fourth-order valence-electron chi connectivity index (χ4n) is 4.81. The van der Waals surface area contributed by atoms with Crippen LogP contribution in [0, 0.1) is 6.92 Å². The van der Waals surface area contributed by atoms with Gasteiger partial charge in [0.05, 0.1) is 19.9 Å². The van der Waals surface area contributed by atoms with Gasteiger partial charge >= 0.3 is 0 Å². The summed E-state index contributed by atoms with van der Waals surface area (Å²) in [4.78, 5) is 15.0. The number of amides is 1. The number of carbonyl (C=O) groups excluding carboxylic acids is 1. The van der Waals surface area contributed by atoms with Crippen molar-refractivity contribution in [2.75, 3.05) is 37.5 Å². The van der Waals surface area contributed by atoms with Crippen LogP contribution in [0.15, 0.2) is 30.3 Å². The van der Waals surface area contributed by atoms with Crippen molar-refractivity contribution in [3.05, 3.63) is 47.2 Å². The molecule has 0 aliphatic carbocycles. The molecule has 1 N–H and O–H groups in total. The molecule has 0 bridgehead atoms. The third-order valence-electron chi connectivity index (χ3n) is 6.45. The van der Waals surface area contributed by atoms with Gasteiger partial charge in [-0.25, -0.2) is 0 Å². The fourth-order valence-corrected chi connectivity index (χ4v) is 4.81. The minimum absolute atomic E-state index is 0.0792. The summed E-state index contributed by atoms with van der Waals surface area (Å²) in [6.45, 7) is 3.96. The highest BCUT2D eigenvalue weighted by atomic mass is 16.5. The van der Waals surface area contributed by atoms with E-state index in [1.54, 1.807) is 18.9 Å². The van der Waals surface area contributed by atoms with E-state index in [-0.39, 0.29) is 11.8 Å². The van der Waals surface area contributed by atoms with Gasteiger partial charge in [-0.05, 0) is 44.4 Å². The van der Waals surface area contributed by atoms with E-state index in [0.717, 1.165) is 35.7 Å². The first-order chi connectivity index (χ1) is 16.1. The van der Waals surface area contributed by atoms with Crippen molar-refractivity contribution in [1.29, 1.82) is 0 Å². The summed E-state index contributed by atoms with van der Waals surface area (Å²) < 4.78 is 12.6. The minimum Gasteiger partial charge on any atom is -0.497 e. The maximum atomic E-state index is 12.7. The van der Waals surface area contributed by atoms with Gasteiger partial charge in [0.1, 0.15) is 17.3 Å². The van der Waals surface area contributed by atoms with Crippen molar-refractivity contribution in [2.45, 2.75) is 38.5 Å². The number of anilines is 2. The molecule has 1 atom stereocenters. The van der Waals surface area contributed by atoms with Crippen LogP contribution in [0.2, 0.25) is 0 Å². The predicted octanol–water partition coefficient (Wildman–Crippen LogP) is 3.45. The molecule has 33 heavy (non-hydrogen) atoms. The molecule has 1 aromatic carbocycles. The van der Waals surface area contributed by atoms with Crippen molar-refractivity contribution >= 4 is 17.5 Å². The van der Waals surface area contributed by atoms with Crippen molar-refractivity contribution in [3.8, 4) is 17.3 Å². The summed E-state index contributed by atoms with van der Waals surface area (Å²) in [6, 6.07) is 9.56. The van der Waals surface area contributed by atoms with E-state index in [1.807, 2.05) is 37.3 Å². The number of benzene rings is 1. The lowest BCUT2D eigenvalue weighted by Crippen LogP contribution is -2.30. The standard InChI is InChI=1S/C24H28N6O3/c1-15-23-18(17-8-7-16(32-2)13-19(17)33-3)14-22(31)25-24(23)30(28-15)21-10-9-20(26-27-21)29-11-5-4-6-12-29/h7-10,13,18H,4-6,11-12,14H2,1-3H3,(H,25,31)/t18-/m0/s1. The molecular weight excluding hydrogens is 420 g/mol. The van der Waals surface area contributed by atoms with E-state index in [1.165, 1.54) is 19.3 Å². The molecule has 0 spiro atoms. The summed E-state index contributed by atoms with van der Waals surface area (Å²) in [5, 5.41) is 16.6. The molecule has 1 amide bonds. The van der Waals surface area contributed by atoms with Crippen LogP contribution >= 0.6 is 0 Å². The Kier molecular flexibility index (Phi) is 5.62. The summed E-state index contributed by atoms with van der Waals surface area (Å²) in [5.74, 6) is 3.19. The number of ether oxygens (including phenoxy) is 2. The van der Waals surface area contributed by atoms with E-state index in [0.29, 0.717) is 29.6 Å². The number of nitrogens with zero attached hydrogens (tertiary/aromatic N) is 5. The van der Waals surface area contributed by atoms with Gasteiger partial charge in [0.15, 0.2) is 11.6 Å². The van der Waals surface area contributed by atoms with Crippen LogP contribution in [0.5, 0.6) is 11.5 Å². The lowest BCUT2D eigenvalue weighted by Gasteiger charge is -2.27. The molecule has 1 saturated heterocycles. The monoisotopic (exact) mass is 448 g/mol. The molecular formula is C24H28N6O3. The van der Waals surface area contributed by atoms with E-state index in [2.05, 4.69) is 20.4 Å². The zero-order chi connectivity index (χ0) is 22.9. The lowest BCUT2D eigenvalue weighted by molar-refractivity contribution is -0.116. The van der Waals surface area contributed by atoms with Gasteiger partial charge in [-0.2, -0.15) is 9.78 Å². The SMILES string of the molecule is COc1ccc([C@@H]2CC(=O)Nc3c2c(C)nn3-c2ccc(N3CCCCC3)nn2)c(OC)c1. The van der Waals surface area contributed by atoms with Gasteiger partial charge in [-0.15, -0.1) is 10.2 Å². The second-order valence-corrected chi connectivity index (χ2v) is 8.47. The average molecular weight is 449 g/mol. The van der Waals surface area contributed by atoms with Gasteiger partial charge in [0.25, 0.3) is 0 Å². The molecule has 2 aromatic heterocycles. The molecule has 0 unspecified atom stereocenters. The average Bonchev–Trinajstić information content (AvgIpc) is 3.19. The normalized spacial score (nSPS) is 18.0. The Hall–Kier alpha value is -3.62. The van der Waals surface area contributed by atoms with Gasteiger partial charge in [0.2, 0.25) is 5.91 Å². The number of hydrogen-bond donors (Lipinski definition) is 1. The molecule has 4 heterocycles. The first kappa shape index (κ1) is 21.2. The second kappa shape index (κ2) is 8.73. The summed E-state index contributed by atoms with van der Waals surface area (Å²) in [7, 11) is 3.24. The van der Waals surface area contributed by atoms with Crippen molar-refractivity contribution in [2.24, 2.45) is 0 Å². The zero-order valence-corrected chi connectivity index (χ0v) is 19.2. The molecule has 1 fully saturated rings. The van der Waals surface area contributed by atoms with E-state index in [9.17, 15) is 4.79 Å². The topological polar surface area (TPSA) is 94.4 Å². The van der Waals surface area contributed by atoms with Crippen LogP contribution in [0.3, 0.4) is 0 Å².